The predicted molar refractivity (Wildman–Crippen MR) is 113 cm³/mol. The Balaban J connectivity index is 2.51. The zero-order chi connectivity index (χ0) is 20.8. The standard InChI is InChI=1S/C21H25BrN2O4/c1-5-7-12-16-17(19(25)18(22)13(3)24(16)4)20(26)23-15-11-9-8-10-14(15)21(27)28-6-2/h8-11H,5-7,12H2,1-4H3,(H,23,26). The Labute approximate surface area is 173 Å². The van der Waals surface area contributed by atoms with Crippen LogP contribution < -0.4 is 10.7 Å². The molecule has 0 unspecified atom stereocenters. The van der Waals surface area contributed by atoms with Crippen LogP contribution in [0.3, 0.4) is 0 Å². The number of benzene rings is 1. The molecule has 0 radical (unpaired) electrons. The Hall–Kier alpha value is -2.41. The Kier molecular flexibility index (Phi) is 7.57. The number of carbonyl (C=O) groups is 2. The normalized spacial score (nSPS) is 10.6. The van der Waals surface area contributed by atoms with Gasteiger partial charge in [-0.1, -0.05) is 25.5 Å². The fourth-order valence-corrected chi connectivity index (χ4v) is 3.42. The molecule has 1 heterocycles. The number of halogens is 1. The third-order valence-corrected chi connectivity index (χ3v) is 5.54. The molecule has 1 aromatic carbocycles. The number of rotatable bonds is 7. The predicted octanol–water partition coefficient (Wildman–Crippen LogP) is 4.23. The third-order valence-electron chi connectivity index (χ3n) is 4.61. The molecule has 28 heavy (non-hydrogen) atoms. The molecule has 150 valence electrons. The molecule has 0 fully saturated rings. The van der Waals surface area contributed by atoms with Crippen molar-refractivity contribution in [2.75, 3.05) is 11.9 Å². The van der Waals surface area contributed by atoms with E-state index in [-0.39, 0.29) is 23.2 Å². The topological polar surface area (TPSA) is 77.4 Å². The van der Waals surface area contributed by atoms with Crippen LogP contribution in [0.5, 0.6) is 0 Å². The maximum Gasteiger partial charge on any atom is 0.340 e. The fourth-order valence-electron chi connectivity index (χ4n) is 2.96. The summed E-state index contributed by atoms with van der Waals surface area (Å²) in [7, 11) is 1.84. The van der Waals surface area contributed by atoms with Gasteiger partial charge in [-0.3, -0.25) is 9.59 Å². The number of amides is 1. The Morgan fingerprint density at radius 2 is 1.89 bits per heavy atom. The number of para-hydroxylation sites is 1. The number of pyridine rings is 1. The quantitative estimate of drug-likeness (QED) is 0.642. The largest absolute Gasteiger partial charge is 0.462 e. The van der Waals surface area contributed by atoms with Crippen LogP contribution in [0.2, 0.25) is 0 Å². The number of aromatic nitrogens is 1. The first-order chi connectivity index (χ1) is 13.3. The molecule has 0 aliphatic rings. The third kappa shape index (κ3) is 4.52. The van der Waals surface area contributed by atoms with E-state index in [0.29, 0.717) is 22.3 Å². The highest BCUT2D eigenvalue weighted by Gasteiger charge is 2.23. The zero-order valence-electron chi connectivity index (χ0n) is 16.6. The van der Waals surface area contributed by atoms with E-state index in [1.807, 2.05) is 18.5 Å². The van der Waals surface area contributed by atoms with Crippen molar-refractivity contribution in [1.29, 1.82) is 0 Å². The van der Waals surface area contributed by atoms with Crippen LogP contribution in [0.25, 0.3) is 0 Å². The molecule has 0 atom stereocenters. The second-order valence-electron chi connectivity index (χ2n) is 6.43. The summed E-state index contributed by atoms with van der Waals surface area (Å²) in [6.07, 6.45) is 2.41. The van der Waals surface area contributed by atoms with E-state index < -0.39 is 11.9 Å². The van der Waals surface area contributed by atoms with Gasteiger partial charge in [0.05, 0.1) is 22.3 Å². The molecule has 2 aromatic rings. The highest BCUT2D eigenvalue weighted by molar-refractivity contribution is 9.10. The number of hydrogen-bond donors (Lipinski definition) is 1. The van der Waals surface area contributed by atoms with Gasteiger partial charge in [-0.25, -0.2) is 4.79 Å². The minimum absolute atomic E-state index is 0.0899. The number of nitrogens with one attached hydrogen (secondary N) is 1. The number of ether oxygens (including phenoxy) is 1. The van der Waals surface area contributed by atoms with Gasteiger partial charge in [0, 0.05) is 18.4 Å². The van der Waals surface area contributed by atoms with E-state index in [0.717, 1.165) is 18.5 Å². The minimum atomic E-state index is -0.538. The summed E-state index contributed by atoms with van der Waals surface area (Å²) in [6.45, 7) is 5.83. The first-order valence-corrected chi connectivity index (χ1v) is 10.1. The van der Waals surface area contributed by atoms with Crippen molar-refractivity contribution in [3.63, 3.8) is 0 Å². The Morgan fingerprint density at radius 3 is 2.54 bits per heavy atom. The minimum Gasteiger partial charge on any atom is -0.462 e. The molecule has 0 aliphatic carbocycles. The Morgan fingerprint density at radius 1 is 1.21 bits per heavy atom. The van der Waals surface area contributed by atoms with E-state index >= 15 is 0 Å². The highest BCUT2D eigenvalue weighted by Crippen LogP contribution is 2.21. The lowest BCUT2D eigenvalue weighted by atomic mass is 10.0. The number of hydrogen-bond acceptors (Lipinski definition) is 4. The van der Waals surface area contributed by atoms with Gasteiger partial charge in [0.2, 0.25) is 5.43 Å². The van der Waals surface area contributed by atoms with Gasteiger partial charge < -0.3 is 14.6 Å². The van der Waals surface area contributed by atoms with Crippen molar-refractivity contribution < 1.29 is 14.3 Å². The lowest BCUT2D eigenvalue weighted by molar-refractivity contribution is 0.0527. The maximum atomic E-state index is 13.1. The van der Waals surface area contributed by atoms with Crippen LogP contribution in [-0.2, 0) is 18.2 Å². The Bertz CT molecular complexity index is 950. The first kappa shape index (κ1) is 21.9. The summed E-state index contributed by atoms with van der Waals surface area (Å²) < 4.78 is 7.28. The molecule has 7 heteroatoms. The van der Waals surface area contributed by atoms with Crippen LogP contribution in [-0.4, -0.2) is 23.1 Å². The van der Waals surface area contributed by atoms with Gasteiger partial charge in [-0.15, -0.1) is 0 Å². The monoisotopic (exact) mass is 448 g/mol. The second kappa shape index (κ2) is 9.68. The number of carbonyl (C=O) groups excluding carboxylic acids is 2. The fraction of sp³-hybridized carbons (Fsp3) is 0.381. The van der Waals surface area contributed by atoms with Gasteiger partial charge in [0.25, 0.3) is 5.91 Å². The molecule has 1 amide bonds. The summed E-state index contributed by atoms with van der Waals surface area (Å²) in [5, 5.41) is 2.72. The van der Waals surface area contributed by atoms with Crippen LogP contribution >= 0.6 is 15.9 Å². The molecule has 0 spiro atoms. The van der Waals surface area contributed by atoms with Crippen molar-refractivity contribution in [1.82, 2.24) is 4.57 Å². The number of unbranched alkanes of at least 4 members (excludes halogenated alkanes) is 1. The van der Waals surface area contributed by atoms with Gasteiger partial charge >= 0.3 is 5.97 Å². The molecule has 1 aromatic heterocycles. The smallest absolute Gasteiger partial charge is 0.340 e. The summed E-state index contributed by atoms with van der Waals surface area (Å²) >= 11 is 3.31. The molecule has 6 nitrogen and oxygen atoms in total. The van der Waals surface area contributed by atoms with Crippen molar-refractivity contribution in [2.45, 2.75) is 40.0 Å². The van der Waals surface area contributed by atoms with Crippen molar-refractivity contribution in [3.8, 4) is 0 Å². The lowest BCUT2D eigenvalue weighted by Crippen LogP contribution is -2.29. The molecular formula is C21H25BrN2O4. The summed E-state index contributed by atoms with van der Waals surface area (Å²) in [6, 6.07) is 6.59. The molecule has 1 N–H and O–H groups in total. The average molecular weight is 449 g/mol. The number of esters is 1. The lowest BCUT2D eigenvalue weighted by Gasteiger charge is -2.18. The van der Waals surface area contributed by atoms with E-state index in [2.05, 4.69) is 28.2 Å². The number of anilines is 1. The SMILES string of the molecule is CCCCc1c(C(=O)Nc2ccccc2C(=O)OCC)c(=O)c(Br)c(C)n1C. The van der Waals surface area contributed by atoms with Gasteiger partial charge in [-0.05, 0) is 54.8 Å². The van der Waals surface area contributed by atoms with Crippen LogP contribution in [0, 0.1) is 6.92 Å². The molecule has 0 saturated carbocycles. The zero-order valence-corrected chi connectivity index (χ0v) is 18.2. The first-order valence-electron chi connectivity index (χ1n) is 9.28. The van der Waals surface area contributed by atoms with E-state index in [1.54, 1.807) is 31.2 Å². The maximum absolute atomic E-state index is 13.1. The van der Waals surface area contributed by atoms with Crippen molar-refractivity contribution >= 4 is 33.5 Å². The van der Waals surface area contributed by atoms with E-state index in [9.17, 15) is 14.4 Å². The second-order valence-corrected chi connectivity index (χ2v) is 7.23. The molecule has 0 saturated heterocycles. The molecule has 0 aliphatic heterocycles. The molecule has 2 rings (SSSR count). The van der Waals surface area contributed by atoms with E-state index in [4.69, 9.17) is 4.74 Å². The number of nitrogens with zero attached hydrogens (tertiary/aromatic N) is 1. The molecule has 0 bridgehead atoms. The summed E-state index contributed by atoms with van der Waals surface area (Å²) in [5.41, 5.74) is 1.74. The van der Waals surface area contributed by atoms with Gasteiger partial charge in [0.15, 0.2) is 0 Å². The van der Waals surface area contributed by atoms with Crippen LogP contribution in [0.1, 0.15) is 58.8 Å². The van der Waals surface area contributed by atoms with Gasteiger partial charge in [-0.2, -0.15) is 0 Å². The summed E-state index contributed by atoms with van der Waals surface area (Å²) in [5.74, 6) is -1.06. The van der Waals surface area contributed by atoms with Crippen molar-refractivity contribution in [2.24, 2.45) is 7.05 Å². The van der Waals surface area contributed by atoms with Crippen molar-refractivity contribution in [3.05, 3.63) is 61.5 Å². The van der Waals surface area contributed by atoms with Crippen LogP contribution in [0.4, 0.5) is 5.69 Å². The van der Waals surface area contributed by atoms with Crippen LogP contribution in [0.15, 0.2) is 33.5 Å². The molecular weight excluding hydrogens is 424 g/mol. The van der Waals surface area contributed by atoms with Gasteiger partial charge in [0.1, 0.15) is 5.56 Å². The summed E-state index contributed by atoms with van der Waals surface area (Å²) in [4.78, 5) is 38.1. The van der Waals surface area contributed by atoms with E-state index in [1.165, 1.54) is 0 Å². The average Bonchev–Trinajstić information content (AvgIpc) is 2.68. The highest BCUT2D eigenvalue weighted by atomic mass is 79.9.